The van der Waals surface area contributed by atoms with Gasteiger partial charge in [0.05, 0.1) is 5.69 Å². The highest BCUT2D eigenvalue weighted by molar-refractivity contribution is 5.49. The highest BCUT2D eigenvalue weighted by Crippen LogP contribution is 2.16. The van der Waals surface area contributed by atoms with Crippen molar-refractivity contribution < 1.29 is 0 Å². The zero-order valence-corrected chi connectivity index (χ0v) is 6.23. The first kappa shape index (κ1) is 6.39. The van der Waals surface area contributed by atoms with Crippen LogP contribution in [0.4, 0.5) is 0 Å². The van der Waals surface area contributed by atoms with E-state index in [0.717, 1.165) is 17.8 Å². The number of aromatic nitrogens is 4. The number of fused-ring (bicyclic) bond motifs is 1. The van der Waals surface area contributed by atoms with Gasteiger partial charge >= 0.3 is 0 Å². The Morgan fingerprint density at radius 2 is 2.18 bits per heavy atom. The zero-order valence-electron chi connectivity index (χ0n) is 6.23. The summed E-state index contributed by atoms with van der Waals surface area (Å²) >= 11 is 0. The molecule has 0 fully saturated rings. The molecule has 0 aliphatic heterocycles. The SMILES string of the molecule is CC1C=Cc2nnnnc2C1. The average molecular weight is 148 g/mol. The fourth-order valence-electron chi connectivity index (χ4n) is 1.15. The molecule has 0 bridgehead atoms. The molecule has 4 heteroatoms. The van der Waals surface area contributed by atoms with Gasteiger partial charge in [-0.3, -0.25) is 0 Å². The Bertz CT molecular complexity index is 294. The minimum absolute atomic E-state index is 0.543. The Morgan fingerprint density at radius 3 is 3.09 bits per heavy atom. The number of hydrogen-bond donors (Lipinski definition) is 0. The Morgan fingerprint density at radius 1 is 1.36 bits per heavy atom. The lowest BCUT2D eigenvalue weighted by Gasteiger charge is -2.10. The van der Waals surface area contributed by atoms with Gasteiger partial charge in [-0.05, 0) is 28.8 Å². The second-order valence-electron chi connectivity index (χ2n) is 2.75. The molecule has 1 aromatic heterocycles. The van der Waals surface area contributed by atoms with Crippen molar-refractivity contribution in [3.63, 3.8) is 0 Å². The van der Waals surface area contributed by atoms with E-state index < -0.39 is 0 Å². The third-order valence-electron chi connectivity index (χ3n) is 1.75. The lowest BCUT2D eigenvalue weighted by Crippen LogP contribution is -2.09. The fraction of sp³-hybridized carbons (Fsp3) is 0.429. The summed E-state index contributed by atoms with van der Waals surface area (Å²) in [5.41, 5.74) is 1.81. The van der Waals surface area contributed by atoms with Crippen LogP contribution < -0.4 is 0 Å². The van der Waals surface area contributed by atoms with Gasteiger partial charge in [0.15, 0.2) is 0 Å². The molecule has 0 spiro atoms. The van der Waals surface area contributed by atoms with E-state index in [1.165, 1.54) is 0 Å². The van der Waals surface area contributed by atoms with Crippen molar-refractivity contribution in [3.05, 3.63) is 17.5 Å². The minimum atomic E-state index is 0.543. The van der Waals surface area contributed by atoms with Crippen molar-refractivity contribution in [1.82, 2.24) is 20.6 Å². The lowest BCUT2D eigenvalue weighted by atomic mass is 9.98. The van der Waals surface area contributed by atoms with Crippen molar-refractivity contribution in [2.24, 2.45) is 5.92 Å². The number of nitrogens with zero attached hydrogens (tertiary/aromatic N) is 4. The third-order valence-corrected chi connectivity index (χ3v) is 1.75. The van der Waals surface area contributed by atoms with E-state index in [9.17, 15) is 0 Å². The molecular formula is C7H8N4. The van der Waals surface area contributed by atoms with E-state index in [4.69, 9.17) is 0 Å². The van der Waals surface area contributed by atoms with Crippen molar-refractivity contribution >= 4 is 6.08 Å². The summed E-state index contributed by atoms with van der Waals surface area (Å²) in [5.74, 6) is 0.543. The molecule has 56 valence electrons. The van der Waals surface area contributed by atoms with E-state index in [1.807, 2.05) is 6.08 Å². The quantitative estimate of drug-likeness (QED) is 0.536. The van der Waals surface area contributed by atoms with Gasteiger partial charge in [0.1, 0.15) is 5.69 Å². The molecule has 1 aromatic rings. The fourth-order valence-corrected chi connectivity index (χ4v) is 1.15. The lowest BCUT2D eigenvalue weighted by molar-refractivity contribution is 0.640. The van der Waals surface area contributed by atoms with Crippen molar-refractivity contribution in [3.8, 4) is 0 Å². The molecule has 1 heterocycles. The van der Waals surface area contributed by atoms with Crippen LogP contribution in [-0.2, 0) is 6.42 Å². The van der Waals surface area contributed by atoms with Crippen LogP contribution in [0.25, 0.3) is 6.08 Å². The molecular weight excluding hydrogens is 140 g/mol. The molecule has 4 nitrogen and oxygen atoms in total. The predicted molar refractivity (Wildman–Crippen MR) is 39.5 cm³/mol. The highest BCUT2D eigenvalue weighted by atomic mass is 15.4. The minimum Gasteiger partial charge on any atom is -0.131 e. The van der Waals surface area contributed by atoms with Crippen LogP contribution in [-0.4, -0.2) is 20.6 Å². The Kier molecular flexibility index (Phi) is 1.38. The molecule has 0 saturated carbocycles. The number of allylic oxidation sites excluding steroid dienone is 1. The largest absolute Gasteiger partial charge is 0.131 e. The van der Waals surface area contributed by atoms with Crippen LogP contribution in [0.15, 0.2) is 6.08 Å². The summed E-state index contributed by atoms with van der Waals surface area (Å²) in [5, 5.41) is 14.7. The summed E-state index contributed by atoms with van der Waals surface area (Å²) in [4.78, 5) is 0. The molecule has 2 rings (SSSR count). The van der Waals surface area contributed by atoms with Crippen LogP contribution in [0.1, 0.15) is 18.3 Å². The molecule has 0 N–H and O–H groups in total. The van der Waals surface area contributed by atoms with Crippen LogP contribution >= 0.6 is 0 Å². The van der Waals surface area contributed by atoms with Gasteiger partial charge in [0, 0.05) is 0 Å². The van der Waals surface area contributed by atoms with Crippen LogP contribution in [0.5, 0.6) is 0 Å². The van der Waals surface area contributed by atoms with Crippen LogP contribution in [0.3, 0.4) is 0 Å². The molecule has 0 saturated heterocycles. The first-order chi connectivity index (χ1) is 5.36. The van der Waals surface area contributed by atoms with Gasteiger partial charge in [-0.2, -0.15) is 0 Å². The average Bonchev–Trinajstić information content (AvgIpc) is 2.04. The molecule has 0 aromatic carbocycles. The predicted octanol–water partition coefficient (Wildman–Crippen LogP) is 0.472. The maximum Gasteiger partial charge on any atom is 0.111 e. The molecule has 1 unspecified atom stereocenters. The molecule has 0 amide bonds. The zero-order chi connectivity index (χ0) is 7.68. The molecule has 0 radical (unpaired) electrons. The maximum absolute atomic E-state index is 3.89. The summed E-state index contributed by atoms with van der Waals surface area (Å²) in [6.45, 7) is 2.14. The monoisotopic (exact) mass is 148 g/mol. The topological polar surface area (TPSA) is 51.6 Å². The smallest absolute Gasteiger partial charge is 0.111 e. The Hall–Kier alpha value is -1.32. The Balaban J connectivity index is 2.46. The van der Waals surface area contributed by atoms with Gasteiger partial charge in [0.2, 0.25) is 0 Å². The summed E-state index contributed by atoms with van der Waals surface area (Å²) in [7, 11) is 0. The third kappa shape index (κ3) is 1.11. The highest BCUT2D eigenvalue weighted by Gasteiger charge is 2.12. The molecule has 1 aliphatic rings. The summed E-state index contributed by atoms with van der Waals surface area (Å²) < 4.78 is 0. The second-order valence-corrected chi connectivity index (χ2v) is 2.75. The van der Waals surface area contributed by atoms with Crippen LogP contribution in [0.2, 0.25) is 0 Å². The summed E-state index contributed by atoms with van der Waals surface area (Å²) in [6.07, 6.45) is 4.98. The van der Waals surface area contributed by atoms with Gasteiger partial charge < -0.3 is 0 Å². The van der Waals surface area contributed by atoms with Crippen molar-refractivity contribution in [2.75, 3.05) is 0 Å². The van der Waals surface area contributed by atoms with E-state index in [2.05, 4.69) is 33.6 Å². The van der Waals surface area contributed by atoms with E-state index in [0.29, 0.717) is 5.92 Å². The first-order valence-electron chi connectivity index (χ1n) is 3.59. The van der Waals surface area contributed by atoms with E-state index >= 15 is 0 Å². The van der Waals surface area contributed by atoms with Gasteiger partial charge in [0.25, 0.3) is 0 Å². The molecule has 1 aliphatic carbocycles. The van der Waals surface area contributed by atoms with Gasteiger partial charge in [-0.25, -0.2) is 0 Å². The van der Waals surface area contributed by atoms with E-state index in [-0.39, 0.29) is 0 Å². The van der Waals surface area contributed by atoms with Crippen LogP contribution in [0, 0.1) is 5.92 Å². The Labute approximate surface area is 64.3 Å². The molecule has 1 atom stereocenters. The van der Waals surface area contributed by atoms with E-state index in [1.54, 1.807) is 0 Å². The molecule has 11 heavy (non-hydrogen) atoms. The second kappa shape index (κ2) is 2.38. The first-order valence-corrected chi connectivity index (χ1v) is 3.59. The number of rotatable bonds is 0. The van der Waals surface area contributed by atoms with Crippen molar-refractivity contribution in [2.45, 2.75) is 13.3 Å². The maximum atomic E-state index is 3.89. The van der Waals surface area contributed by atoms with Gasteiger partial charge in [-0.1, -0.05) is 13.0 Å². The normalized spacial score (nSPS) is 21.4. The van der Waals surface area contributed by atoms with Crippen molar-refractivity contribution in [1.29, 1.82) is 0 Å². The summed E-state index contributed by atoms with van der Waals surface area (Å²) in [6, 6.07) is 0. The standard InChI is InChI=1S/C7H8N4/c1-5-2-3-6-7(4-5)9-11-10-8-6/h2-3,5H,4H2,1H3. The van der Waals surface area contributed by atoms with Gasteiger partial charge in [-0.15, -0.1) is 10.2 Å². The number of hydrogen-bond acceptors (Lipinski definition) is 4.